The predicted octanol–water partition coefficient (Wildman–Crippen LogP) is 3.94. The highest BCUT2D eigenvalue weighted by Crippen LogP contribution is 2.32. The lowest BCUT2D eigenvalue weighted by Crippen LogP contribution is -2.29. The van der Waals surface area contributed by atoms with E-state index in [-0.39, 0.29) is 5.41 Å². The van der Waals surface area contributed by atoms with Crippen LogP contribution < -0.4 is 10.1 Å². The van der Waals surface area contributed by atoms with Crippen LogP contribution in [0.1, 0.15) is 45.2 Å². The van der Waals surface area contributed by atoms with Crippen LogP contribution in [0, 0.1) is 0 Å². The zero-order chi connectivity index (χ0) is 21.9. The lowest BCUT2D eigenvalue weighted by molar-refractivity contribution is -0.159. The number of hydrogen-bond donors (Lipinski definition) is 3. The van der Waals surface area contributed by atoms with Crippen molar-refractivity contribution < 1.29 is 24.5 Å². The fraction of sp³-hybridized carbons (Fsp3) is 0.391. The lowest BCUT2D eigenvalue weighted by Gasteiger charge is -2.26. The summed E-state index contributed by atoms with van der Waals surface area (Å²) in [6.07, 6.45) is 1.14. The molecule has 3 N–H and O–H groups in total. The van der Waals surface area contributed by atoms with E-state index in [0.717, 1.165) is 18.7 Å². The molecule has 1 atom stereocenters. The van der Waals surface area contributed by atoms with Gasteiger partial charge < -0.3 is 20.3 Å². The van der Waals surface area contributed by atoms with Crippen molar-refractivity contribution in [1.29, 1.82) is 0 Å². The average molecular weight is 402 g/mol. The van der Waals surface area contributed by atoms with Crippen molar-refractivity contribution in [2.45, 2.75) is 45.6 Å². The molecule has 2 rings (SSSR count). The molecule has 0 radical (unpaired) electrons. The molecule has 29 heavy (non-hydrogen) atoms. The van der Waals surface area contributed by atoms with Crippen LogP contribution in [0.5, 0.6) is 5.75 Å². The fourth-order valence-corrected chi connectivity index (χ4v) is 2.61. The van der Waals surface area contributed by atoms with Crippen molar-refractivity contribution in [3.05, 3.63) is 65.7 Å². The molecule has 0 saturated heterocycles. The summed E-state index contributed by atoms with van der Waals surface area (Å²) in [5.74, 6) is -2.71. The van der Waals surface area contributed by atoms with Gasteiger partial charge in [0.05, 0.1) is 0 Å². The molecule has 158 valence electrons. The van der Waals surface area contributed by atoms with Gasteiger partial charge in [-0.05, 0) is 36.6 Å². The molecular formula is C23H31NO5. The Morgan fingerprint density at radius 1 is 0.966 bits per heavy atom. The van der Waals surface area contributed by atoms with Crippen molar-refractivity contribution in [3.63, 3.8) is 0 Å². The molecule has 0 bridgehead atoms. The molecule has 0 aliphatic heterocycles. The highest BCUT2D eigenvalue weighted by Gasteiger charge is 2.22. The Kier molecular flexibility index (Phi) is 9.89. The highest BCUT2D eigenvalue weighted by molar-refractivity contribution is 6.27. The van der Waals surface area contributed by atoms with E-state index in [9.17, 15) is 0 Å². The largest absolute Gasteiger partial charge is 0.492 e. The van der Waals surface area contributed by atoms with Gasteiger partial charge >= 0.3 is 11.9 Å². The SMILES string of the molecule is CCC(C)NCCOc1ccc(C(C)(C)c2ccccc2)cc1.O=C(O)C(=O)O. The lowest BCUT2D eigenvalue weighted by atomic mass is 9.78. The summed E-state index contributed by atoms with van der Waals surface area (Å²) in [7, 11) is 0. The summed E-state index contributed by atoms with van der Waals surface area (Å²) in [6.45, 7) is 10.5. The van der Waals surface area contributed by atoms with Gasteiger partial charge in [0.1, 0.15) is 12.4 Å². The maximum Gasteiger partial charge on any atom is 0.414 e. The monoisotopic (exact) mass is 401 g/mol. The zero-order valence-electron chi connectivity index (χ0n) is 17.5. The molecule has 0 aliphatic rings. The zero-order valence-corrected chi connectivity index (χ0v) is 17.5. The first-order valence-electron chi connectivity index (χ1n) is 9.67. The van der Waals surface area contributed by atoms with Gasteiger partial charge in [0.25, 0.3) is 0 Å². The standard InChI is InChI=1S/C21H29NO.C2H2O4/c1-5-17(2)22-15-16-23-20-13-11-19(12-14-20)21(3,4)18-9-7-6-8-10-18;3-1(4)2(5)6/h6-14,17,22H,5,15-16H2,1-4H3;(H,3,4)(H,5,6). The van der Waals surface area contributed by atoms with E-state index in [2.05, 4.69) is 87.6 Å². The minimum atomic E-state index is -1.82. The minimum absolute atomic E-state index is 0.00208. The predicted molar refractivity (Wildman–Crippen MR) is 114 cm³/mol. The quantitative estimate of drug-likeness (QED) is 0.458. The molecule has 6 heteroatoms. The van der Waals surface area contributed by atoms with Crippen molar-refractivity contribution in [1.82, 2.24) is 5.32 Å². The number of hydrogen-bond acceptors (Lipinski definition) is 4. The van der Waals surface area contributed by atoms with E-state index in [0.29, 0.717) is 12.6 Å². The van der Waals surface area contributed by atoms with E-state index in [4.69, 9.17) is 24.5 Å². The van der Waals surface area contributed by atoms with Crippen molar-refractivity contribution >= 4 is 11.9 Å². The number of ether oxygens (including phenoxy) is 1. The molecule has 1 unspecified atom stereocenters. The van der Waals surface area contributed by atoms with Gasteiger partial charge in [-0.25, -0.2) is 9.59 Å². The molecule has 0 saturated carbocycles. The topological polar surface area (TPSA) is 95.9 Å². The first kappa shape index (κ1) is 24.2. The average Bonchev–Trinajstić information content (AvgIpc) is 2.72. The van der Waals surface area contributed by atoms with Crippen LogP contribution in [-0.4, -0.2) is 41.3 Å². The molecule has 0 aromatic heterocycles. The van der Waals surface area contributed by atoms with Gasteiger partial charge in [-0.3, -0.25) is 0 Å². The number of carboxylic acid groups (broad SMARTS) is 2. The Bertz CT molecular complexity index is 745. The van der Waals surface area contributed by atoms with Gasteiger partial charge in [-0.2, -0.15) is 0 Å². The summed E-state index contributed by atoms with van der Waals surface area (Å²) in [5, 5.41) is 18.2. The van der Waals surface area contributed by atoms with Gasteiger partial charge in [0.2, 0.25) is 0 Å². The number of carbonyl (C=O) groups is 2. The smallest absolute Gasteiger partial charge is 0.414 e. The van der Waals surface area contributed by atoms with E-state index in [1.54, 1.807) is 0 Å². The van der Waals surface area contributed by atoms with Crippen molar-refractivity contribution in [2.75, 3.05) is 13.2 Å². The maximum atomic E-state index is 9.10. The van der Waals surface area contributed by atoms with Crippen molar-refractivity contribution in [3.8, 4) is 5.75 Å². The van der Waals surface area contributed by atoms with Crippen molar-refractivity contribution in [2.24, 2.45) is 0 Å². The second kappa shape index (κ2) is 11.9. The molecule has 0 aliphatic carbocycles. The van der Waals surface area contributed by atoms with E-state index in [1.807, 2.05) is 0 Å². The summed E-state index contributed by atoms with van der Waals surface area (Å²) >= 11 is 0. The summed E-state index contributed by atoms with van der Waals surface area (Å²) in [5.41, 5.74) is 2.62. The second-order valence-corrected chi connectivity index (χ2v) is 7.24. The third-order valence-corrected chi connectivity index (χ3v) is 4.73. The van der Waals surface area contributed by atoms with Gasteiger partial charge in [-0.1, -0.05) is 63.2 Å². The molecule has 0 spiro atoms. The molecule has 0 fully saturated rings. The molecule has 0 amide bonds. The van der Waals surface area contributed by atoms with Gasteiger partial charge in [0, 0.05) is 18.0 Å². The van der Waals surface area contributed by atoms with Gasteiger partial charge in [0.15, 0.2) is 0 Å². The second-order valence-electron chi connectivity index (χ2n) is 7.24. The Balaban J connectivity index is 0.000000612. The van der Waals surface area contributed by atoms with E-state index in [1.165, 1.54) is 11.1 Å². The number of carboxylic acids is 2. The van der Waals surface area contributed by atoms with Crippen LogP contribution in [0.25, 0.3) is 0 Å². The van der Waals surface area contributed by atoms with E-state index >= 15 is 0 Å². The number of rotatable bonds is 8. The third kappa shape index (κ3) is 8.35. The van der Waals surface area contributed by atoms with Crippen LogP contribution in [0.3, 0.4) is 0 Å². The minimum Gasteiger partial charge on any atom is -0.492 e. The normalized spacial score (nSPS) is 11.7. The summed E-state index contributed by atoms with van der Waals surface area (Å²) in [4.78, 5) is 18.2. The molecule has 2 aromatic rings. The molecule has 6 nitrogen and oxygen atoms in total. The number of aliphatic carboxylic acids is 2. The third-order valence-electron chi connectivity index (χ3n) is 4.73. The van der Waals surface area contributed by atoms with Crippen LogP contribution in [0.15, 0.2) is 54.6 Å². The Labute approximate surface area is 172 Å². The highest BCUT2D eigenvalue weighted by atomic mass is 16.5. The van der Waals surface area contributed by atoms with E-state index < -0.39 is 11.9 Å². The first-order chi connectivity index (χ1) is 13.7. The van der Waals surface area contributed by atoms with Crippen LogP contribution in [0.2, 0.25) is 0 Å². The molecule has 2 aromatic carbocycles. The van der Waals surface area contributed by atoms with Crippen LogP contribution >= 0.6 is 0 Å². The van der Waals surface area contributed by atoms with Crippen LogP contribution in [-0.2, 0) is 15.0 Å². The Hall–Kier alpha value is -2.86. The fourth-order valence-electron chi connectivity index (χ4n) is 2.61. The summed E-state index contributed by atoms with van der Waals surface area (Å²) < 4.78 is 5.81. The molecular weight excluding hydrogens is 370 g/mol. The number of nitrogens with one attached hydrogen (secondary N) is 1. The summed E-state index contributed by atoms with van der Waals surface area (Å²) in [6, 6.07) is 19.7. The van der Waals surface area contributed by atoms with Crippen LogP contribution in [0.4, 0.5) is 0 Å². The Morgan fingerprint density at radius 3 is 1.97 bits per heavy atom. The van der Waals surface area contributed by atoms with Gasteiger partial charge in [-0.15, -0.1) is 0 Å². The Morgan fingerprint density at radius 2 is 1.48 bits per heavy atom. The first-order valence-corrected chi connectivity index (χ1v) is 9.67. The number of benzene rings is 2. The molecule has 0 heterocycles. The maximum absolute atomic E-state index is 9.10.